The summed E-state index contributed by atoms with van der Waals surface area (Å²) in [6.07, 6.45) is 5.06. The number of aliphatic hydroxyl groups is 1. The molecule has 1 N–H and O–H groups in total. The van der Waals surface area contributed by atoms with Crippen molar-refractivity contribution in [2.75, 3.05) is 7.11 Å². The van der Waals surface area contributed by atoms with E-state index in [-0.39, 0.29) is 36.4 Å². The molecule has 222 valence electrons. The zero-order chi connectivity index (χ0) is 30.9. The normalized spacial score (nSPS) is 25.5. The molecule has 0 amide bonds. The Morgan fingerprint density at radius 3 is 2.37 bits per heavy atom. The predicted molar refractivity (Wildman–Crippen MR) is 169 cm³/mol. The Bertz CT molecular complexity index is 1760. The van der Waals surface area contributed by atoms with Crippen LogP contribution in [0.15, 0.2) is 99.5 Å². The number of allylic oxidation sites excluding steroid dienone is 10. The Hall–Kier alpha value is -4.04. The lowest BCUT2D eigenvalue weighted by molar-refractivity contribution is -0.140. The maximum Gasteiger partial charge on any atom is 0.305 e. The number of fused-ring (bicyclic) bond motifs is 4. The monoisotopic (exact) mass is 578 g/mol. The smallest absolute Gasteiger partial charge is 0.305 e. The molecule has 1 saturated carbocycles. The fourth-order valence-corrected chi connectivity index (χ4v) is 7.33. The van der Waals surface area contributed by atoms with E-state index in [1.165, 1.54) is 7.11 Å². The van der Waals surface area contributed by atoms with Gasteiger partial charge in [0.25, 0.3) is 0 Å². The Morgan fingerprint density at radius 2 is 1.70 bits per heavy atom. The van der Waals surface area contributed by atoms with Crippen molar-refractivity contribution in [2.45, 2.75) is 80.3 Å². The standard InChI is InChI=1S/C35H38N4O4/c1-9-21-15(2)24-14-27-30(20(7)40)18(5)33(38-27)19(6)32-16(3)22(10-11-29(42)43-8)34(39-32)23-12-28(41)31-17(4)25(37-35(23)31)13-26(21)36-24/h13-14,16,20,22,40H,9-12H2,1-8H3/t16-,20-,22+/m1/s1. The van der Waals surface area contributed by atoms with E-state index in [1.54, 1.807) is 6.92 Å². The van der Waals surface area contributed by atoms with Gasteiger partial charge in [-0.15, -0.1) is 0 Å². The lowest BCUT2D eigenvalue weighted by atomic mass is 9.83. The fraction of sp³-hybridized carbons (Fsp3) is 0.429. The molecule has 3 atom stereocenters. The summed E-state index contributed by atoms with van der Waals surface area (Å²) in [5.74, 6) is -0.354. The number of hydrogen-bond donors (Lipinski definition) is 1. The van der Waals surface area contributed by atoms with E-state index < -0.39 is 6.10 Å². The van der Waals surface area contributed by atoms with Crippen LogP contribution in [0.2, 0.25) is 0 Å². The highest BCUT2D eigenvalue weighted by atomic mass is 16.5. The van der Waals surface area contributed by atoms with Crippen LogP contribution in [0.1, 0.15) is 74.1 Å². The number of esters is 1. The third-order valence-corrected chi connectivity index (χ3v) is 9.67. The third kappa shape index (κ3) is 4.46. The summed E-state index contributed by atoms with van der Waals surface area (Å²) in [6, 6.07) is 0. The van der Waals surface area contributed by atoms with E-state index in [4.69, 9.17) is 24.7 Å². The molecule has 5 aliphatic heterocycles. The van der Waals surface area contributed by atoms with Gasteiger partial charge < -0.3 is 9.84 Å². The number of carbonyl (C=O) groups is 2. The number of aliphatic imine (C=N–C) groups is 4. The SMILES string of the molecule is CCC1=C(C)C2=CC3=NC(=C(C)C4=NC(=C5CC(=O)C6=C(C)C(=CC1=N2)N=C56)[C@@H](CCC(=O)OC)[C@H]4C)C(C)=C3[C@@H](C)O. The van der Waals surface area contributed by atoms with Crippen LogP contribution >= 0.6 is 0 Å². The van der Waals surface area contributed by atoms with E-state index in [1.807, 2.05) is 32.9 Å². The molecule has 1 aliphatic carbocycles. The van der Waals surface area contributed by atoms with E-state index in [9.17, 15) is 14.7 Å². The summed E-state index contributed by atoms with van der Waals surface area (Å²) in [5.41, 5.74) is 13.4. The van der Waals surface area contributed by atoms with Gasteiger partial charge in [-0.1, -0.05) is 13.8 Å². The summed E-state index contributed by atoms with van der Waals surface area (Å²) in [6.45, 7) is 14.0. The molecule has 6 rings (SSSR count). The summed E-state index contributed by atoms with van der Waals surface area (Å²) in [4.78, 5) is 46.1. The molecule has 5 heterocycles. The third-order valence-electron chi connectivity index (χ3n) is 9.67. The zero-order valence-corrected chi connectivity index (χ0v) is 26.2. The molecular weight excluding hydrogens is 540 g/mol. The number of Topliss-reactive ketones (excluding diaryl/α,β-unsaturated/α-hetero) is 1. The highest BCUT2D eigenvalue weighted by Crippen LogP contribution is 2.46. The largest absolute Gasteiger partial charge is 0.469 e. The van der Waals surface area contributed by atoms with Crippen LogP contribution in [0.3, 0.4) is 0 Å². The van der Waals surface area contributed by atoms with Crippen LogP contribution in [0.4, 0.5) is 0 Å². The Kier molecular flexibility index (Phi) is 7.16. The average Bonchev–Trinajstić information content (AvgIpc) is 3.72. The van der Waals surface area contributed by atoms with Gasteiger partial charge in [-0.3, -0.25) is 14.6 Å². The van der Waals surface area contributed by atoms with Gasteiger partial charge >= 0.3 is 5.97 Å². The van der Waals surface area contributed by atoms with Crippen molar-refractivity contribution in [3.05, 3.63) is 79.5 Å². The number of nitrogens with zero attached hydrogens (tertiary/aromatic N) is 4. The first-order valence-electron chi connectivity index (χ1n) is 15.1. The van der Waals surface area contributed by atoms with Crippen molar-refractivity contribution in [1.82, 2.24) is 0 Å². The van der Waals surface area contributed by atoms with Crippen LogP contribution in [0.25, 0.3) is 0 Å². The molecule has 8 heteroatoms. The number of carbonyl (C=O) groups excluding carboxylic acids is 2. The first-order valence-corrected chi connectivity index (χ1v) is 15.1. The Morgan fingerprint density at radius 1 is 1.00 bits per heavy atom. The molecule has 0 aromatic carbocycles. The van der Waals surface area contributed by atoms with Crippen molar-refractivity contribution < 1.29 is 19.4 Å². The predicted octanol–water partition coefficient (Wildman–Crippen LogP) is 6.03. The molecule has 0 spiro atoms. The number of hydrogen-bond acceptors (Lipinski definition) is 8. The molecule has 0 unspecified atom stereocenters. The Labute approximate surface area is 252 Å². The minimum Gasteiger partial charge on any atom is -0.469 e. The first kappa shape index (κ1) is 29.1. The van der Waals surface area contributed by atoms with Gasteiger partial charge in [0, 0.05) is 47.1 Å². The van der Waals surface area contributed by atoms with Gasteiger partial charge in [-0.05, 0) is 87.5 Å². The van der Waals surface area contributed by atoms with Crippen molar-refractivity contribution in [3.63, 3.8) is 0 Å². The molecule has 6 aliphatic rings. The maximum atomic E-state index is 13.5. The number of aliphatic hydroxyl groups excluding tert-OH is 1. The summed E-state index contributed by atoms with van der Waals surface area (Å²) < 4.78 is 4.97. The molecule has 8 nitrogen and oxygen atoms in total. The number of rotatable bonds is 5. The van der Waals surface area contributed by atoms with Crippen LogP contribution in [0, 0.1) is 11.8 Å². The average molecular weight is 579 g/mol. The summed E-state index contributed by atoms with van der Waals surface area (Å²) >= 11 is 0. The van der Waals surface area contributed by atoms with E-state index >= 15 is 0 Å². The number of ether oxygens (including phenoxy) is 1. The lowest BCUT2D eigenvalue weighted by Crippen LogP contribution is -2.19. The zero-order valence-electron chi connectivity index (χ0n) is 26.2. The second kappa shape index (κ2) is 10.6. The maximum absolute atomic E-state index is 13.5. The molecule has 0 aromatic rings. The topological polar surface area (TPSA) is 113 Å². The molecule has 8 bridgehead atoms. The van der Waals surface area contributed by atoms with E-state index in [0.29, 0.717) is 23.4 Å². The van der Waals surface area contributed by atoms with Crippen molar-refractivity contribution >= 4 is 34.6 Å². The van der Waals surface area contributed by atoms with Gasteiger partial charge in [-0.2, -0.15) is 0 Å². The van der Waals surface area contributed by atoms with Gasteiger partial charge in [0.05, 0.1) is 53.1 Å². The highest BCUT2D eigenvalue weighted by Gasteiger charge is 2.43. The van der Waals surface area contributed by atoms with Gasteiger partial charge in [0.15, 0.2) is 5.78 Å². The van der Waals surface area contributed by atoms with Crippen molar-refractivity contribution in [2.24, 2.45) is 31.8 Å². The van der Waals surface area contributed by atoms with Crippen LogP contribution in [-0.2, 0) is 14.3 Å². The van der Waals surface area contributed by atoms with Crippen LogP contribution in [-0.4, -0.2) is 52.9 Å². The molecule has 43 heavy (non-hydrogen) atoms. The van der Waals surface area contributed by atoms with Gasteiger partial charge in [0.1, 0.15) is 0 Å². The molecular formula is C35H38N4O4. The molecule has 0 saturated heterocycles. The second-order valence-electron chi connectivity index (χ2n) is 12.1. The second-order valence-corrected chi connectivity index (χ2v) is 12.1. The lowest BCUT2D eigenvalue weighted by Gasteiger charge is -2.19. The highest BCUT2D eigenvalue weighted by molar-refractivity contribution is 6.38. The number of methoxy groups -OCH3 is 1. The minimum atomic E-state index is -0.722. The quantitative estimate of drug-likeness (QED) is 0.401. The fourth-order valence-electron chi connectivity index (χ4n) is 7.33. The van der Waals surface area contributed by atoms with Crippen molar-refractivity contribution in [3.8, 4) is 0 Å². The Balaban J connectivity index is 1.65. The van der Waals surface area contributed by atoms with Crippen molar-refractivity contribution in [1.29, 1.82) is 0 Å². The molecule has 0 aromatic heterocycles. The van der Waals surface area contributed by atoms with Gasteiger partial charge in [-0.25, -0.2) is 15.0 Å². The van der Waals surface area contributed by atoms with E-state index in [0.717, 1.165) is 79.6 Å². The molecule has 1 fully saturated rings. The minimum absolute atomic E-state index is 0.0316. The van der Waals surface area contributed by atoms with Gasteiger partial charge in [0.2, 0.25) is 0 Å². The van der Waals surface area contributed by atoms with Crippen LogP contribution in [0.5, 0.6) is 0 Å². The number of ketones is 1. The summed E-state index contributed by atoms with van der Waals surface area (Å²) in [7, 11) is 1.40. The van der Waals surface area contributed by atoms with Crippen LogP contribution < -0.4 is 0 Å². The van der Waals surface area contributed by atoms with E-state index in [2.05, 4.69) is 20.8 Å². The summed E-state index contributed by atoms with van der Waals surface area (Å²) in [5, 5.41) is 10.9. The first-order chi connectivity index (χ1) is 20.5. The molecule has 0 radical (unpaired) electrons.